The normalized spacial score (nSPS) is 30.6. The van der Waals surface area contributed by atoms with Gasteiger partial charge in [0.05, 0.1) is 6.10 Å². The molecule has 30 heavy (non-hydrogen) atoms. The van der Waals surface area contributed by atoms with Crippen LogP contribution in [0.25, 0.3) is 0 Å². The summed E-state index contributed by atoms with van der Waals surface area (Å²) in [6, 6.07) is 7.49. The number of guanidine groups is 1. The summed E-state index contributed by atoms with van der Waals surface area (Å²) in [7, 11) is 1.81. The molecule has 166 valence electrons. The molecule has 3 aliphatic rings. The van der Waals surface area contributed by atoms with Crippen LogP contribution in [0.15, 0.2) is 29.3 Å². The molecule has 2 saturated heterocycles. The van der Waals surface area contributed by atoms with Gasteiger partial charge in [-0.3, -0.25) is 4.99 Å². The van der Waals surface area contributed by atoms with E-state index < -0.39 is 6.61 Å². The van der Waals surface area contributed by atoms with Crippen molar-refractivity contribution in [1.82, 2.24) is 10.6 Å². The number of fused-ring (bicyclic) bond motifs is 1. The van der Waals surface area contributed by atoms with E-state index in [0.717, 1.165) is 50.6 Å². The van der Waals surface area contributed by atoms with E-state index in [4.69, 9.17) is 4.74 Å². The van der Waals surface area contributed by atoms with Crippen molar-refractivity contribution in [3.63, 3.8) is 0 Å². The Balaban J connectivity index is 1.34. The first-order chi connectivity index (χ1) is 14.4. The molecular weight excluding hydrogens is 390 g/mol. The van der Waals surface area contributed by atoms with Gasteiger partial charge in [0.25, 0.3) is 0 Å². The zero-order valence-corrected chi connectivity index (χ0v) is 17.9. The van der Waals surface area contributed by atoms with E-state index in [1.54, 1.807) is 12.1 Å². The van der Waals surface area contributed by atoms with E-state index in [-0.39, 0.29) is 17.2 Å². The van der Waals surface area contributed by atoms with Gasteiger partial charge in [-0.1, -0.05) is 13.8 Å². The van der Waals surface area contributed by atoms with Gasteiger partial charge in [-0.25, -0.2) is 0 Å². The Hall–Kier alpha value is -2.09. The van der Waals surface area contributed by atoms with Crippen molar-refractivity contribution in [1.29, 1.82) is 0 Å². The standard InChI is InChI=1S/C22H32F2N4O2/c1-22(2)18(17-10-12-29-19(17)22)27-21(25-3)26-14-5-4-11-28(13-14)15-6-8-16(9-7-15)30-20(23)24/h6-9,14,17-20H,4-5,10-13H2,1-3H3,(H2,25,26,27). The van der Waals surface area contributed by atoms with Crippen LogP contribution in [-0.4, -0.2) is 57.5 Å². The van der Waals surface area contributed by atoms with Gasteiger partial charge in [-0.2, -0.15) is 8.78 Å². The number of hydrogen-bond acceptors (Lipinski definition) is 4. The summed E-state index contributed by atoms with van der Waals surface area (Å²) in [6.45, 7) is 4.34. The molecular formula is C22H32F2N4O2. The third-order valence-electron chi connectivity index (χ3n) is 6.81. The zero-order valence-electron chi connectivity index (χ0n) is 17.9. The van der Waals surface area contributed by atoms with Gasteiger partial charge in [0, 0.05) is 55.8 Å². The van der Waals surface area contributed by atoms with E-state index >= 15 is 0 Å². The second-order valence-electron chi connectivity index (χ2n) is 9.06. The first-order valence-corrected chi connectivity index (χ1v) is 10.8. The Bertz CT molecular complexity index is 756. The first-order valence-electron chi connectivity index (χ1n) is 10.8. The maximum Gasteiger partial charge on any atom is 0.387 e. The summed E-state index contributed by atoms with van der Waals surface area (Å²) in [6.07, 6.45) is 3.56. The molecule has 1 saturated carbocycles. The minimum absolute atomic E-state index is 0.0967. The molecule has 1 aromatic carbocycles. The molecule has 6 nitrogen and oxygen atoms in total. The molecule has 2 heterocycles. The van der Waals surface area contributed by atoms with Crippen LogP contribution in [0.3, 0.4) is 0 Å². The van der Waals surface area contributed by atoms with Gasteiger partial charge in [0.2, 0.25) is 0 Å². The van der Waals surface area contributed by atoms with E-state index in [1.165, 1.54) is 0 Å². The molecule has 2 N–H and O–H groups in total. The number of rotatable bonds is 5. The largest absolute Gasteiger partial charge is 0.435 e. The fourth-order valence-corrected chi connectivity index (χ4v) is 5.30. The lowest BCUT2D eigenvalue weighted by atomic mass is 9.57. The smallest absolute Gasteiger partial charge is 0.387 e. The van der Waals surface area contributed by atoms with Crippen LogP contribution in [0.5, 0.6) is 5.75 Å². The molecule has 0 radical (unpaired) electrons. The number of piperidine rings is 1. The molecule has 4 rings (SSSR count). The number of hydrogen-bond donors (Lipinski definition) is 2. The molecule has 0 bridgehead atoms. The maximum atomic E-state index is 12.4. The third-order valence-corrected chi connectivity index (χ3v) is 6.81. The molecule has 4 atom stereocenters. The SMILES string of the molecule is CN=C(NC1CCCN(c2ccc(OC(F)F)cc2)C1)NC1C2CCOC2C1(C)C. The lowest BCUT2D eigenvalue weighted by Gasteiger charge is -2.55. The Kier molecular flexibility index (Phi) is 6.04. The lowest BCUT2D eigenvalue weighted by Crippen LogP contribution is -2.68. The minimum atomic E-state index is -2.80. The molecule has 1 aliphatic carbocycles. The Morgan fingerprint density at radius 1 is 1.23 bits per heavy atom. The second-order valence-corrected chi connectivity index (χ2v) is 9.06. The maximum absolute atomic E-state index is 12.4. The van der Waals surface area contributed by atoms with Gasteiger partial charge >= 0.3 is 6.61 Å². The van der Waals surface area contributed by atoms with Crippen molar-refractivity contribution in [2.24, 2.45) is 16.3 Å². The molecule has 4 unspecified atom stereocenters. The van der Waals surface area contributed by atoms with Crippen LogP contribution in [-0.2, 0) is 4.74 Å². The van der Waals surface area contributed by atoms with Crippen LogP contribution >= 0.6 is 0 Å². The average molecular weight is 423 g/mol. The monoisotopic (exact) mass is 422 g/mol. The van der Waals surface area contributed by atoms with Gasteiger partial charge in [-0.15, -0.1) is 0 Å². The lowest BCUT2D eigenvalue weighted by molar-refractivity contribution is -0.106. The molecule has 0 aromatic heterocycles. The van der Waals surface area contributed by atoms with E-state index in [9.17, 15) is 8.78 Å². The molecule has 2 aliphatic heterocycles. The van der Waals surface area contributed by atoms with E-state index in [2.05, 4.69) is 39.1 Å². The Labute approximate surface area is 177 Å². The molecule has 1 aromatic rings. The van der Waals surface area contributed by atoms with Gasteiger partial charge in [0.1, 0.15) is 5.75 Å². The predicted molar refractivity (Wildman–Crippen MR) is 113 cm³/mol. The summed E-state index contributed by atoms with van der Waals surface area (Å²) >= 11 is 0. The highest BCUT2D eigenvalue weighted by atomic mass is 19.3. The van der Waals surface area contributed by atoms with Gasteiger partial charge in [-0.05, 0) is 43.5 Å². The van der Waals surface area contributed by atoms with Crippen molar-refractivity contribution in [3.05, 3.63) is 24.3 Å². The molecule has 0 amide bonds. The summed E-state index contributed by atoms with van der Waals surface area (Å²) in [5, 5.41) is 7.24. The Morgan fingerprint density at radius 3 is 2.70 bits per heavy atom. The molecule has 8 heteroatoms. The number of nitrogens with zero attached hydrogens (tertiary/aromatic N) is 2. The van der Waals surface area contributed by atoms with Crippen molar-refractivity contribution in [3.8, 4) is 5.75 Å². The fraction of sp³-hybridized carbons (Fsp3) is 0.682. The van der Waals surface area contributed by atoms with Crippen LogP contribution in [0.1, 0.15) is 33.1 Å². The second kappa shape index (κ2) is 8.57. The average Bonchev–Trinajstić information content (AvgIpc) is 3.18. The quantitative estimate of drug-likeness (QED) is 0.564. The Morgan fingerprint density at radius 2 is 2.00 bits per heavy atom. The third kappa shape index (κ3) is 4.19. The number of anilines is 1. The number of alkyl halides is 2. The zero-order chi connectivity index (χ0) is 21.3. The first kappa shape index (κ1) is 21.2. The summed E-state index contributed by atoms with van der Waals surface area (Å²) in [4.78, 5) is 6.74. The number of nitrogens with one attached hydrogen (secondary N) is 2. The van der Waals surface area contributed by atoms with E-state index in [1.807, 2.05) is 19.2 Å². The minimum Gasteiger partial charge on any atom is -0.435 e. The molecule has 0 spiro atoms. The van der Waals surface area contributed by atoms with Crippen molar-refractivity contribution < 1.29 is 18.3 Å². The van der Waals surface area contributed by atoms with Crippen molar-refractivity contribution >= 4 is 11.6 Å². The highest BCUT2D eigenvalue weighted by Gasteiger charge is 2.59. The summed E-state index contributed by atoms with van der Waals surface area (Å²) < 4.78 is 35.1. The number of ether oxygens (including phenoxy) is 2. The molecule has 3 fully saturated rings. The van der Waals surface area contributed by atoms with Crippen LogP contribution in [0.4, 0.5) is 14.5 Å². The van der Waals surface area contributed by atoms with E-state index in [0.29, 0.717) is 18.1 Å². The fourth-order valence-electron chi connectivity index (χ4n) is 5.30. The van der Waals surface area contributed by atoms with Gasteiger partial charge < -0.3 is 25.0 Å². The summed E-state index contributed by atoms with van der Waals surface area (Å²) in [5.41, 5.74) is 1.11. The number of halogens is 2. The topological polar surface area (TPSA) is 58.1 Å². The van der Waals surface area contributed by atoms with Crippen molar-refractivity contribution in [2.45, 2.75) is 57.9 Å². The number of benzene rings is 1. The summed E-state index contributed by atoms with van der Waals surface area (Å²) in [5.74, 6) is 1.57. The number of aliphatic imine (C=N–C) groups is 1. The highest BCUT2D eigenvalue weighted by molar-refractivity contribution is 5.80. The predicted octanol–water partition coefficient (Wildman–Crippen LogP) is 3.24. The van der Waals surface area contributed by atoms with Gasteiger partial charge in [0.15, 0.2) is 5.96 Å². The highest BCUT2D eigenvalue weighted by Crippen LogP contribution is 2.52. The van der Waals surface area contributed by atoms with Crippen molar-refractivity contribution in [2.75, 3.05) is 31.6 Å². The van der Waals surface area contributed by atoms with Crippen LogP contribution in [0, 0.1) is 11.3 Å². The van der Waals surface area contributed by atoms with Crippen LogP contribution in [0.2, 0.25) is 0 Å². The van der Waals surface area contributed by atoms with Crippen LogP contribution < -0.4 is 20.3 Å².